The topological polar surface area (TPSA) is 38.0 Å². The average Bonchev–Trinajstić information content (AvgIpc) is 2.30. The van der Waals surface area contributed by atoms with Gasteiger partial charge in [0.2, 0.25) is 0 Å². The molecule has 0 spiro atoms. The maximum Gasteiger partial charge on any atom is 0.0393 e. The zero-order valence-electron chi connectivity index (χ0n) is 7.14. The van der Waals surface area contributed by atoms with E-state index in [2.05, 4.69) is 11.4 Å². The predicted octanol–water partition coefficient (Wildman–Crippen LogP) is 2.02. The fourth-order valence-electron chi connectivity index (χ4n) is 1.70. The van der Waals surface area contributed by atoms with Crippen LogP contribution in [0, 0.1) is 0 Å². The number of nitrogens with two attached hydrogens (primary N) is 1. The van der Waals surface area contributed by atoms with Crippen LogP contribution < -0.4 is 11.1 Å². The second-order valence-corrected chi connectivity index (χ2v) is 3.26. The minimum absolute atomic E-state index is 0.932. The van der Waals surface area contributed by atoms with Crippen LogP contribution in [0.15, 0.2) is 18.2 Å². The lowest BCUT2D eigenvalue weighted by Crippen LogP contribution is -2.00. The fourth-order valence-corrected chi connectivity index (χ4v) is 1.70. The Morgan fingerprint density at radius 1 is 1.25 bits per heavy atom. The number of benzene rings is 1. The first-order valence-electron chi connectivity index (χ1n) is 4.49. The van der Waals surface area contributed by atoms with E-state index >= 15 is 0 Å². The maximum absolute atomic E-state index is 5.87. The summed E-state index contributed by atoms with van der Waals surface area (Å²) in [5, 5.41) is 3.39. The number of rotatable bonds is 0. The summed E-state index contributed by atoms with van der Waals surface area (Å²) in [6, 6.07) is 6.09. The fraction of sp³-hybridized carbons (Fsp3) is 0.400. The molecule has 0 atom stereocenters. The first kappa shape index (κ1) is 7.47. The molecule has 64 valence electrons. The Labute approximate surface area is 72.8 Å². The molecule has 0 bridgehead atoms. The summed E-state index contributed by atoms with van der Waals surface area (Å²) in [5.41, 5.74) is 9.33. The molecule has 1 heterocycles. The zero-order chi connectivity index (χ0) is 8.39. The van der Waals surface area contributed by atoms with E-state index in [1.54, 1.807) is 0 Å². The van der Waals surface area contributed by atoms with E-state index in [0.29, 0.717) is 0 Å². The van der Waals surface area contributed by atoms with Crippen LogP contribution in [0.1, 0.15) is 18.4 Å². The highest BCUT2D eigenvalue weighted by atomic mass is 14.9. The van der Waals surface area contributed by atoms with E-state index in [1.807, 2.05) is 12.1 Å². The van der Waals surface area contributed by atoms with Crippen molar-refractivity contribution in [2.75, 3.05) is 17.6 Å². The van der Waals surface area contributed by atoms with Crippen molar-refractivity contribution in [2.24, 2.45) is 0 Å². The number of nitrogens with one attached hydrogen (secondary N) is 1. The van der Waals surface area contributed by atoms with Crippen LogP contribution >= 0.6 is 0 Å². The lowest BCUT2D eigenvalue weighted by Gasteiger charge is -2.08. The van der Waals surface area contributed by atoms with E-state index in [-0.39, 0.29) is 0 Å². The summed E-state index contributed by atoms with van der Waals surface area (Å²) in [6.45, 7) is 1.08. The number of hydrogen-bond acceptors (Lipinski definition) is 2. The Kier molecular flexibility index (Phi) is 1.90. The molecule has 2 rings (SSSR count). The van der Waals surface area contributed by atoms with Crippen molar-refractivity contribution >= 4 is 11.4 Å². The van der Waals surface area contributed by atoms with Gasteiger partial charge >= 0.3 is 0 Å². The summed E-state index contributed by atoms with van der Waals surface area (Å²) < 4.78 is 0. The highest BCUT2D eigenvalue weighted by Crippen LogP contribution is 2.26. The smallest absolute Gasteiger partial charge is 0.0393 e. The van der Waals surface area contributed by atoms with Crippen LogP contribution in [-0.4, -0.2) is 6.54 Å². The Hall–Kier alpha value is -1.18. The SMILES string of the molecule is Nc1cccc2c1CCCCN2. The Bertz CT molecular complexity index is 281. The van der Waals surface area contributed by atoms with Crippen LogP contribution in [0.3, 0.4) is 0 Å². The molecule has 0 amide bonds. The molecule has 2 heteroatoms. The number of fused-ring (bicyclic) bond motifs is 1. The molecular weight excluding hydrogens is 148 g/mol. The third-order valence-corrected chi connectivity index (χ3v) is 2.38. The van der Waals surface area contributed by atoms with E-state index in [9.17, 15) is 0 Å². The van der Waals surface area contributed by atoms with Crippen molar-refractivity contribution in [3.8, 4) is 0 Å². The van der Waals surface area contributed by atoms with Gasteiger partial charge in [-0.05, 0) is 37.0 Å². The first-order chi connectivity index (χ1) is 5.88. The normalized spacial score (nSPS) is 16.0. The molecule has 12 heavy (non-hydrogen) atoms. The molecule has 1 aliphatic rings. The zero-order valence-corrected chi connectivity index (χ0v) is 7.14. The highest BCUT2D eigenvalue weighted by molar-refractivity contribution is 5.63. The number of anilines is 2. The molecule has 0 aromatic heterocycles. The Morgan fingerprint density at radius 3 is 3.08 bits per heavy atom. The standard InChI is InChI=1S/C10H14N2/c11-9-5-3-6-10-8(9)4-1-2-7-12-10/h3,5-6,12H,1-2,4,7,11H2. The molecular formula is C10H14N2. The number of nitrogen functional groups attached to an aromatic ring is 1. The highest BCUT2D eigenvalue weighted by Gasteiger charge is 2.08. The predicted molar refractivity (Wildman–Crippen MR) is 52.3 cm³/mol. The monoisotopic (exact) mass is 162 g/mol. The van der Waals surface area contributed by atoms with Gasteiger partial charge in [0.05, 0.1) is 0 Å². The second kappa shape index (κ2) is 3.05. The third-order valence-electron chi connectivity index (χ3n) is 2.38. The van der Waals surface area contributed by atoms with E-state index in [1.165, 1.54) is 24.1 Å². The van der Waals surface area contributed by atoms with Gasteiger partial charge in [-0.3, -0.25) is 0 Å². The lowest BCUT2D eigenvalue weighted by atomic mass is 10.1. The van der Waals surface area contributed by atoms with Crippen LogP contribution in [0.2, 0.25) is 0 Å². The van der Waals surface area contributed by atoms with Crippen LogP contribution in [-0.2, 0) is 6.42 Å². The van der Waals surface area contributed by atoms with Gasteiger partial charge in [-0.25, -0.2) is 0 Å². The lowest BCUT2D eigenvalue weighted by molar-refractivity contribution is 0.786. The largest absolute Gasteiger partial charge is 0.398 e. The van der Waals surface area contributed by atoms with Gasteiger partial charge in [0, 0.05) is 17.9 Å². The van der Waals surface area contributed by atoms with Crippen molar-refractivity contribution in [3.63, 3.8) is 0 Å². The van der Waals surface area contributed by atoms with Gasteiger partial charge in [0.15, 0.2) is 0 Å². The van der Waals surface area contributed by atoms with Crippen molar-refractivity contribution in [3.05, 3.63) is 23.8 Å². The number of hydrogen-bond donors (Lipinski definition) is 2. The summed E-state index contributed by atoms with van der Waals surface area (Å²) >= 11 is 0. The quantitative estimate of drug-likeness (QED) is 0.573. The Balaban J connectivity index is 2.42. The first-order valence-corrected chi connectivity index (χ1v) is 4.49. The van der Waals surface area contributed by atoms with Crippen molar-refractivity contribution in [1.29, 1.82) is 0 Å². The van der Waals surface area contributed by atoms with Crippen LogP contribution in [0.25, 0.3) is 0 Å². The minimum atomic E-state index is 0.932. The van der Waals surface area contributed by atoms with Crippen molar-refractivity contribution in [2.45, 2.75) is 19.3 Å². The molecule has 0 unspecified atom stereocenters. The molecule has 2 nitrogen and oxygen atoms in total. The van der Waals surface area contributed by atoms with E-state index in [4.69, 9.17) is 5.73 Å². The molecule has 1 aliphatic heterocycles. The second-order valence-electron chi connectivity index (χ2n) is 3.26. The van der Waals surface area contributed by atoms with Gasteiger partial charge in [0.1, 0.15) is 0 Å². The van der Waals surface area contributed by atoms with Gasteiger partial charge in [-0.1, -0.05) is 6.07 Å². The van der Waals surface area contributed by atoms with Crippen LogP contribution in [0.4, 0.5) is 11.4 Å². The van der Waals surface area contributed by atoms with Crippen molar-refractivity contribution < 1.29 is 0 Å². The van der Waals surface area contributed by atoms with Gasteiger partial charge in [0.25, 0.3) is 0 Å². The molecule has 1 aromatic carbocycles. The summed E-state index contributed by atoms with van der Waals surface area (Å²) in [5.74, 6) is 0. The van der Waals surface area contributed by atoms with Crippen LogP contribution in [0.5, 0.6) is 0 Å². The van der Waals surface area contributed by atoms with Gasteiger partial charge in [-0.15, -0.1) is 0 Å². The molecule has 3 N–H and O–H groups in total. The molecule has 0 radical (unpaired) electrons. The Morgan fingerprint density at radius 2 is 2.17 bits per heavy atom. The third kappa shape index (κ3) is 1.24. The summed E-state index contributed by atoms with van der Waals surface area (Å²) in [7, 11) is 0. The molecule has 0 fully saturated rings. The maximum atomic E-state index is 5.87. The minimum Gasteiger partial charge on any atom is -0.398 e. The van der Waals surface area contributed by atoms with E-state index in [0.717, 1.165) is 18.7 Å². The molecule has 0 aliphatic carbocycles. The van der Waals surface area contributed by atoms with Crippen molar-refractivity contribution in [1.82, 2.24) is 0 Å². The summed E-state index contributed by atoms with van der Waals surface area (Å²) in [4.78, 5) is 0. The average molecular weight is 162 g/mol. The molecule has 1 aromatic rings. The summed E-state index contributed by atoms with van der Waals surface area (Å²) in [6.07, 6.45) is 3.61. The van der Waals surface area contributed by atoms with Gasteiger partial charge in [-0.2, -0.15) is 0 Å². The molecule has 0 saturated carbocycles. The van der Waals surface area contributed by atoms with Gasteiger partial charge < -0.3 is 11.1 Å². The molecule has 0 saturated heterocycles. The van der Waals surface area contributed by atoms with E-state index < -0.39 is 0 Å².